The van der Waals surface area contributed by atoms with Crippen LogP contribution in [-0.4, -0.2) is 22.7 Å². The second-order valence-corrected chi connectivity index (χ2v) is 4.66. The maximum Gasteiger partial charge on any atom is 0.263 e. The van der Waals surface area contributed by atoms with Crippen molar-refractivity contribution in [2.24, 2.45) is 0 Å². The topological polar surface area (TPSA) is 77.2 Å². The number of ether oxygens (including phenoxy) is 1. The highest BCUT2D eigenvalue weighted by molar-refractivity contribution is 5.90. The number of pyridine rings is 1. The smallest absolute Gasteiger partial charge is 0.263 e. The van der Waals surface area contributed by atoms with E-state index in [0.717, 1.165) is 42.7 Å². The molecule has 0 saturated heterocycles. The predicted molar refractivity (Wildman–Crippen MR) is 71.5 cm³/mol. The Morgan fingerprint density at radius 3 is 3.10 bits per heavy atom. The lowest BCUT2D eigenvalue weighted by Gasteiger charge is -2.18. The summed E-state index contributed by atoms with van der Waals surface area (Å²) in [5, 5.41) is 6.20. The van der Waals surface area contributed by atoms with Crippen molar-refractivity contribution in [3.63, 3.8) is 0 Å². The van der Waals surface area contributed by atoms with Crippen LogP contribution in [0.3, 0.4) is 0 Å². The summed E-state index contributed by atoms with van der Waals surface area (Å²) in [7, 11) is 0. The normalized spacial score (nSPS) is 13.6. The zero-order valence-electron chi connectivity index (χ0n) is 11.0. The van der Waals surface area contributed by atoms with E-state index in [0.29, 0.717) is 5.82 Å². The van der Waals surface area contributed by atoms with Crippen LogP contribution in [0.4, 0.5) is 5.82 Å². The number of nitrogens with zero attached hydrogens (tertiary/aromatic N) is 2. The number of rotatable bonds is 4. The lowest BCUT2D eigenvalue weighted by molar-refractivity contribution is -0.118. The Balaban J connectivity index is 1.62. The Labute approximate surface area is 116 Å². The summed E-state index contributed by atoms with van der Waals surface area (Å²) < 4.78 is 10.2. The molecule has 2 aromatic rings. The summed E-state index contributed by atoms with van der Waals surface area (Å²) in [6, 6.07) is 3.39. The van der Waals surface area contributed by atoms with Gasteiger partial charge in [-0.2, -0.15) is 0 Å². The summed E-state index contributed by atoms with van der Waals surface area (Å²) in [4.78, 5) is 16.1. The van der Waals surface area contributed by atoms with E-state index < -0.39 is 0 Å². The molecule has 0 radical (unpaired) electrons. The van der Waals surface area contributed by atoms with Gasteiger partial charge >= 0.3 is 0 Å². The molecule has 0 fully saturated rings. The van der Waals surface area contributed by atoms with E-state index in [1.807, 2.05) is 6.07 Å². The van der Waals surface area contributed by atoms with Crippen LogP contribution in [0.5, 0.6) is 5.75 Å². The first-order valence-electron chi connectivity index (χ1n) is 6.63. The predicted octanol–water partition coefficient (Wildman–Crippen LogP) is 1.97. The van der Waals surface area contributed by atoms with E-state index in [1.165, 1.54) is 6.26 Å². The Morgan fingerprint density at radius 2 is 2.25 bits per heavy atom. The molecule has 2 aromatic heterocycles. The van der Waals surface area contributed by atoms with Crippen molar-refractivity contribution in [2.45, 2.75) is 25.7 Å². The van der Waals surface area contributed by atoms with Crippen LogP contribution in [0.15, 0.2) is 29.1 Å². The molecule has 3 rings (SSSR count). The van der Waals surface area contributed by atoms with Gasteiger partial charge in [-0.1, -0.05) is 5.16 Å². The minimum atomic E-state index is -0.264. The lowest BCUT2D eigenvalue weighted by Crippen LogP contribution is -2.21. The fraction of sp³-hybridized carbons (Fsp3) is 0.357. The maximum atomic E-state index is 11.7. The number of anilines is 1. The van der Waals surface area contributed by atoms with Gasteiger partial charge in [-0.15, -0.1) is 0 Å². The van der Waals surface area contributed by atoms with E-state index in [-0.39, 0.29) is 12.5 Å². The quantitative estimate of drug-likeness (QED) is 0.921. The fourth-order valence-corrected chi connectivity index (χ4v) is 2.33. The number of aromatic nitrogens is 2. The average Bonchev–Trinajstić information content (AvgIpc) is 2.98. The van der Waals surface area contributed by atoms with Crippen molar-refractivity contribution in [1.82, 2.24) is 10.1 Å². The number of amides is 1. The number of nitrogens with one attached hydrogen (secondary N) is 1. The minimum absolute atomic E-state index is 0.0523. The number of carbonyl (C=O) groups excluding carboxylic acids is 1. The lowest BCUT2D eigenvalue weighted by atomic mass is 9.95. The van der Waals surface area contributed by atoms with E-state index in [1.54, 1.807) is 12.3 Å². The van der Waals surface area contributed by atoms with Crippen molar-refractivity contribution in [2.75, 3.05) is 11.9 Å². The summed E-state index contributed by atoms with van der Waals surface area (Å²) in [6.45, 7) is -0.0523. The summed E-state index contributed by atoms with van der Waals surface area (Å²) >= 11 is 0. The van der Waals surface area contributed by atoms with Crippen molar-refractivity contribution < 1.29 is 14.1 Å². The molecule has 20 heavy (non-hydrogen) atoms. The summed E-state index contributed by atoms with van der Waals surface area (Å²) in [5.41, 5.74) is 2.22. The standard InChI is InChI=1S/C14H15N3O3/c18-14(16-13-6-8-20-17-13)9-19-12-5-7-15-11-4-2-1-3-10(11)12/h5-8H,1-4,9H2,(H,16,17,18). The van der Waals surface area contributed by atoms with Crippen molar-refractivity contribution in [1.29, 1.82) is 0 Å². The van der Waals surface area contributed by atoms with Gasteiger partial charge in [-0.3, -0.25) is 9.78 Å². The Morgan fingerprint density at radius 1 is 1.35 bits per heavy atom. The van der Waals surface area contributed by atoms with Gasteiger partial charge in [-0.25, -0.2) is 0 Å². The summed E-state index contributed by atoms with van der Waals surface area (Å²) in [6.07, 6.45) is 7.38. The molecule has 0 spiro atoms. The second kappa shape index (κ2) is 5.73. The molecule has 1 aliphatic rings. The molecule has 0 aliphatic heterocycles. The van der Waals surface area contributed by atoms with Crippen LogP contribution in [0.2, 0.25) is 0 Å². The van der Waals surface area contributed by atoms with Gasteiger partial charge < -0.3 is 14.6 Å². The fourth-order valence-electron chi connectivity index (χ4n) is 2.33. The van der Waals surface area contributed by atoms with Crippen LogP contribution >= 0.6 is 0 Å². The summed E-state index contributed by atoms with van der Waals surface area (Å²) in [5.74, 6) is 0.876. The molecule has 0 aromatic carbocycles. The number of fused-ring (bicyclic) bond motifs is 1. The van der Waals surface area contributed by atoms with Crippen molar-refractivity contribution >= 4 is 11.7 Å². The molecule has 1 N–H and O–H groups in total. The van der Waals surface area contributed by atoms with Crippen LogP contribution in [0.1, 0.15) is 24.1 Å². The zero-order valence-corrected chi connectivity index (χ0v) is 11.0. The number of hydrogen-bond acceptors (Lipinski definition) is 5. The average molecular weight is 273 g/mol. The largest absolute Gasteiger partial charge is 0.483 e. The third-order valence-electron chi connectivity index (χ3n) is 3.26. The van der Waals surface area contributed by atoms with Gasteiger partial charge in [0.05, 0.1) is 0 Å². The van der Waals surface area contributed by atoms with Gasteiger partial charge in [0.15, 0.2) is 12.4 Å². The molecule has 0 atom stereocenters. The van der Waals surface area contributed by atoms with Gasteiger partial charge in [0.2, 0.25) is 0 Å². The SMILES string of the molecule is O=C(COc1ccnc2c1CCCC2)Nc1ccon1. The second-order valence-electron chi connectivity index (χ2n) is 4.66. The first-order chi connectivity index (χ1) is 9.83. The Bertz CT molecular complexity index is 596. The molecular weight excluding hydrogens is 258 g/mol. The highest BCUT2D eigenvalue weighted by Crippen LogP contribution is 2.27. The molecule has 1 amide bonds. The van der Waals surface area contributed by atoms with Crippen molar-refractivity contribution in [3.05, 3.63) is 35.9 Å². The van der Waals surface area contributed by atoms with E-state index in [4.69, 9.17) is 4.74 Å². The molecule has 1 aliphatic carbocycles. The van der Waals surface area contributed by atoms with Gasteiger partial charge in [0, 0.05) is 23.5 Å². The minimum Gasteiger partial charge on any atom is -0.483 e. The molecule has 0 unspecified atom stereocenters. The maximum absolute atomic E-state index is 11.7. The van der Waals surface area contributed by atoms with Crippen LogP contribution in [0.25, 0.3) is 0 Å². The zero-order chi connectivity index (χ0) is 13.8. The molecule has 2 heterocycles. The van der Waals surface area contributed by atoms with Gasteiger partial charge in [0.25, 0.3) is 5.91 Å². The molecular formula is C14H15N3O3. The number of aryl methyl sites for hydroxylation is 1. The number of carbonyl (C=O) groups is 1. The first kappa shape index (κ1) is 12.7. The van der Waals surface area contributed by atoms with E-state index in [2.05, 4.69) is 20.0 Å². The Hall–Kier alpha value is -2.37. The van der Waals surface area contributed by atoms with Crippen molar-refractivity contribution in [3.8, 4) is 5.75 Å². The van der Waals surface area contributed by atoms with Gasteiger partial charge in [0.1, 0.15) is 12.0 Å². The third-order valence-corrected chi connectivity index (χ3v) is 3.26. The van der Waals surface area contributed by atoms with E-state index >= 15 is 0 Å². The molecule has 0 bridgehead atoms. The van der Waals surface area contributed by atoms with E-state index in [9.17, 15) is 4.79 Å². The number of hydrogen-bond donors (Lipinski definition) is 1. The highest BCUT2D eigenvalue weighted by atomic mass is 16.5. The van der Waals surface area contributed by atoms with Crippen LogP contribution < -0.4 is 10.1 Å². The highest BCUT2D eigenvalue weighted by Gasteiger charge is 2.16. The first-order valence-corrected chi connectivity index (χ1v) is 6.63. The Kier molecular flexibility index (Phi) is 3.62. The molecule has 0 saturated carbocycles. The van der Waals surface area contributed by atoms with Gasteiger partial charge in [-0.05, 0) is 31.7 Å². The van der Waals surface area contributed by atoms with Crippen LogP contribution in [0, 0.1) is 0 Å². The monoisotopic (exact) mass is 273 g/mol. The third kappa shape index (κ3) is 2.79. The molecule has 6 nitrogen and oxygen atoms in total. The molecule has 6 heteroatoms. The molecule has 104 valence electrons. The van der Waals surface area contributed by atoms with Crippen LogP contribution in [-0.2, 0) is 17.6 Å².